The summed E-state index contributed by atoms with van der Waals surface area (Å²) in [4.78, 5) is 35.2. The normalized spacial score (nSPS) is 18.2. The molecule has 1 atom stereocenters. The minimum atomic E-state index is -3.11. The van der Waals surface area contributed by atoms with Gasteiger partial charge in [-0.05, 0) is 44.0 Å². The van der Waals surface area contributed by atoms with Crippen molar-refractivity contribution in [3.8, 4) is 17.0 Å². The van der Waals surface area contributed by atoms with Gasteiger partial charge in [0.2, 0.25) is 5.91 Å². The molecule has 0 bridgehead atoms. The summed E-state index contributed by atoms with van der Waals surface area (Å²) in [6.45, 7) is 2.46. The van der Waals surface area contributed by atoms with Gasteiger partial charge >= 0.3 is 6.61 Å². The number of morpholine rings is 1. The smallest absolute Gasteiger partial charge is 0.387 e. The van der Waals surface area contributed by atoms with Crippen LogP contribution in [0.3, 0.4) is 0 Å². The third-order valence-electron chi connectivity index (χ3n) is 7.95. The predicted molar refractivity (Wildman–Crippen MR) is 157 cm³/mol. The average Bonchev–Trinajstić information content (AvgIpc) is 3.62. The topological polar surface area (TPSA) is 119 Å². The molecule has 4 aromatic rings. The van der Waals surface area contributed by atoms with Crippen molar-refractivity contribution in [3.05, 3.63) is 59.6 Å². The number of hydrogen-bond donors (Lipinski definition) is 1. The van der Waals surface area contributed by atoms with Crippen LogP contribution in [0.2, 0.25) is 5.02 Å². The van der Waals surface area contributed by atoms with Crippen LogP contribution >= 0.6 is 11.6 Å². The maximum Gasteiger partial charge on any atom is 0.387 e. The fourth-order valence-corrected chi connectivity index (χ4v) is 6.00. The number of fused-ring (bicyclic) bond motifs is 1. The van der Waals surface area contributed by atoms with E-state index in [-0.39, 0.29) is 45.7 Å². The Bertz CT molecular complexity index is 1660. The van der Waals surface area contributed by atoms with Crippen LogP contribution in [0.15, 0.2) is 49.1 Å². The maximum atomic E-state index is 13.4. The number of carbonyl (C=O) groups is 2. The number of likely N-dealkylation sites (tertiary alicyclic amines) is 1. The Kier molecular flexibility index (Phi) is 8.73. The van der Waals surface area contributed by atoms with Gasteiger partial charge < -0.3 is 19.7 Å². The first-order chi connectivity index (χ1) is 21.3. The second-order valence-corrected chi connectivity index (χ2v) is 11.2. The Morgan fingerprint density at radius 3 is 2.82 bits per heavy atom. The number of aromatic nitrogens is 5. The molecule has 0 aliphatic carbocycles. The molecule has 2 amide bonds. The van der Waals surface area contributed by atoms with Crippen LogP contribution in [0, 0.1) is 0 Å². The minimum Gasteiger partial charge on any atom is -0.434 e. The van der Waals surface area contributed by atoms with Crippen LogP contribution in [-0.4, -0.2) is 97.5 Å². The van der Waals surface area contributed by atoms with Crippen molar-refractivity contribution in [2.75, 3.05) is 38.2 Å². The maximum absolute atomic E-state index is 13.4. The summed E-state index contributed by atoms with van der Waals surface area (Å²) in [7, 11) is 0. The monoisotopic (exact) mass is 628 g/mol. The summed E-state index contributed by atoms with van der Waals surface area (Å²) in [6, 6.07) is 6.53. The fraction of sp³-hybridized carbons (Fsp3) is 0.414. The third-order valence-corrected chi connectivity index (χ3v) is 8.18. The molecule has 3 aromatic heterocycles. The molecule has 2 saturated heterocycles. The molecule has 0 radical (unpaired) electrons. The van der Waals surface area contributed by atoms with Gasteiger partial charge in [0.25, 0.3) is 5.91 Å². The quantitative estimate of drug-likeness (QED) is 0.313. The third kappa shape index (κ3) is 6.37. The molecule has 2 aliphatic rings. The summed E-state index contributed by atoms with van der Waals surface area (Å²) in [5.41, 5.74) is 0.910. The molecule has 1 aromatic carbocycles. The zero-order valence-corrected chi connectivity index (χ0v) is 24.7. The SMILES string of the molecule is C[C@H]1COCCN1C1CCN(C(=O)Cn2cc(NC(=O)c3cnn4cccnc34)c(-c3cc(Cl)ccc3OC(F)F)n2)CC1. The molecule has 2 aliphatic heterocycles. The van der Waals surface area contributed by atoms with Crippen molar-refractivity contribution < 1.29 is 27.8 Å². The molecule has 0 unspecified atom stereocenters. The standard InChI is InChI=1S/C29H31ClF2N8O4/c1-18-17-43-12-11-39(18)20-5-9-37(10-6-20)25(41)16-38-15-23(35-28(42)22-14-34-40-8-2-7-33-27(22)40)26(36-38)21-13-19(30)3-4-24(21)44-29(31)32/h2-4,7-8,13-15,18,20,29H,5-6,9-12,16-17H2,1H3,(H,35,42)/t18-/m0/s1. The van der Waals surface area contributed by atoms with Gasteiger partial charge in [-0.1, -0.05) is 11.6 Å². The number of carbonyl (C=O) groups excluding carboxylic acids is 2. The highest BCUT2D eigenvalue weighted by molar-refractivity contribution is 6.31. The van der Waals surface area contributed by atoms with E-state index >= 15 is 0 Å². The van der Waals surface area contributed by atoms with E-state index in [1.807, 2.05) is 0 Å². The van der Waals surface area contributed by atoms with Gasteiger partial charge in [-0.25, -0.2) is 9.50 Å². The Hall–Kier alpha value is -4.14. The molecule has 44 heavy (non-hydrogen) atoms. The van der Waals surface area contributed by atoms with Crippen molar-refractivity contribution in [1.29, 1.82) is 0 Å². The fourth-order valence-electron chi connectivity index (χ4n) is 5.82. The number of rotatable bonds is 8. The summed E-state index contributed by atoms with van der Waals surface area (Å²) in [5.74, 6) is -0.885. The molecule has 1 N–H and O–H groups in total. The van der Waals surface area contributed by atoms with Crippen LogP contribution in [-0.2, 0) is 16.1 Å². The van der Waals surface area contributed by atoms with Gasteiger partial charge in [-0.15, -0.1) is 0 Å². The first-order valence-corrected chi connectivity index (χ1v) is 14.7. The Labute approximate surface area is 256 Å². The second kappa shape index (κ2) is 12.8. The van der Waals surface area contributed by atoms with E-state index in [0.717, 1.165) is 19.4 Å². The largest absolute Gasteiger partial charge is 0.434 e. The van der Waals surface area contributed by atoms with Crippen LogP contribution < -0.4 is 10.1 Å². The van der Waals surface area contributed by atoms with Crippen LogP contribution in [0.1, 0.15) is 30.1 Å². The molecule has 0 spiro atoms. The Balaban J connectivity index is 1.24. The summed E-state index contributed by atoms with van der Waals surface area (Å²) < 4.78 is 39.7. The van der Waals surface area contributed by atoms with Crippen molar-refractivity contribution in [2.45, 2.75) is 45.0 Å². The van der Waals surface area contributed by atoms with E-state index in [9.17, 15) is 18.4 Å². The van der Waals surface area contributed by atoms with Gasteiger partial charge in [0.1, 0.15) is 23.6 Å². The number of ether oxygens (including phenoxy) is 2. The molecule has 5 heterocycles. The highest BCUT2D eigenvalue weighted by Gasteiger charge is 2.31. The van der Waals surface area contributed by atoms with Crippen molar-refractivity contribution in [2.24, 2.45) is 0 Å². The van der Waals surface area contributed by atoms with E-state index in [0.29, 0.717) is 44.0 Å². The molecule has 12 nitrogen and oxygen atoms in total. The number of hydrogen-bond acceptors (Lipinski definition) is 8. The van der Waals surface area contributed by atoms with Gasteiger partial charge in [-0.3, -0.25) is 19.2 Å². The lowest BCUT2D eigenvalue weighted by Gasteiger charge is -2.43. The lowest BCUT2D eigenvalue weighted by Crippen LogP contribution is -2.53. The van der Waals surface area contributed by atoms with Gasteiger partial charge in [0, 0.05) is 60.9 Å². The molecule has 232 valence electrons. The van der Waals surface area contributed by atoms with E-state index in [2.05, 4.69) is 32.3 Å². The number of anilines is 1. The lowest BCUT2D eigenvalue weighted by atomic mass is 10.0. The van der Waals surface area contributed by atoms with E-state index in [1.165, 1.54) is 46.0 Å². The molecule has 15 heteroatoms. The number of nitrogens with zero attached hydrogens (tertiary/aromatic N) is 7. The van der Waals surface area contributed by atoms with E-state index < -0.39 is 12.5 Å². The van der Waals surface area contributed by atoms with Crippen molar-refractivity contribution in [3.63, 3.8) is 0 Å². The number of piperidine rings is 1. The van der Waals surface area contributed by atoms with Crippen molar-refractivity contribution >= 4 is 34.7 Å². The van der Waals surface area contributed by atoms with Gasteiger partial charge in [0.15, 0.2) is 5.65 Å². The number of benzene rings is 1. The Morgan fingerprint density at radius 2 is 2.05 bits per heavy atom. The van der Waals surface area contributed by atoms with Gasteiger partial charge in [-0.2, -0.15) is 19.0 Å². The second-order valence-electron chi connectivity index (χ2n) is 10.8. The molecule has 2 fully saturated rings. The summed E-state index contributed by atoms with van der Waals surface area (Å²) in [6.07, 6.45) is 7.75. The zero-order chi connectivity index (χ0) is 30.8. The van der Waals surface area contributed by atoms with E-state index in [1.54, 1.807) is 17.2 Å². The Morgan fingerprint density at radius 1 is 1.23 bits per heavy atom. The summed E-state index contributed by atoms with van der Waals surface area (Å²) >= 11 is 6.22. The average molecular weight is 629 g/mol. The van der Waals surface area contributed by atoms with Crippen molar-refractivity contribution in [1.82, 2.24) is 34.2 Å². The van der Waals surface area contributed by atoms with Crippen LogP contribution in [0.4, 0.5) is 14.5 Å². The predicted octanol–water partition coefficient (Wildman–Crippen LogP) is 3.81. The zero-order valence-electron chi connectivity index (χ0n) is 23.9. The molecular formula is C29H31ClF2N8O4. The first-order valence-electron chi connectivity index (χ1n) is 14.3. The van der Waals surface area contributed by atoms with Crippen LogP contribution in [0.5, 0.6) is 5.75 Å². The van der Waals surface area contributed by atoms with Crippen LogP contribution in [0.25, 0.3) is 16.9 Å². The highest BCUT2D eigenvalue weighted by Crippen LogP contribution is 2.37. The number of alkyl halides is 2. The minimum absolute atomic E-state index is 0.105. The molecule has 0 saturated carbocycles. The van der Waals surface area contributed by atoms with E-state index in [4.69, 9.17) is 21.1 Å². The molecular weight excluding hydrogens is 598 g/mol. The number of amides is 2. The highest BCUT2D eigenvalue weighted by atomic mass is 35.5. The summed E-state index contributed by atoms with van der Waals surface area (Å²) in [5, 5.41) is 11.7. The van der Waals surface area contributed by atoms with Gasteiger partial charge in [0.05, 0.1) is 25.1 Å². The molecule has 6 rings (SSSR count). The first kappa shape index (κ1) is 29.9. The number of nitrogens with one attached hydrogen (secondary N) is 1. The lowest BCUT2D eigenvalue weighted by molar-refractivity contribution is -0.134. The number of halogens is 3.